The summed E-state index contributed by atoms with van der Waals surface area (Å²) in [5.74, 6) is 0.596. The van der Waals surface area contributed by atoms with Gasteiger partial charge in [-0.2, -0.15) is 14.8 Å². The molecule has 3 heterocycles. The molecule has 5 N–H and O–H groups in total. The molecule has 0 radical (unpaired) electrons. The van der Waals surface area contributed by atoms with Gasteiger partial charge in [-0.05, 0) is 50.8 Å². The van der Waals surface area contributed by atoms with Gasteiger partial charge in [0.2, 0.25) is 5.95 Å². The van der Waals surface area contributed by atoms with Crippen LogP contribution in [0.2, 0.25) is 0 Å². The third-order valence-corrected chi connectivity index (χ3v) is 6.11. The van der Waals surface area contributed by atoms with Gasteiger partial charge in [0, 0.05) is 23.7 Å². The van der Waals surface area contributed by atoms with E-state index in [9.17, 15) is 10.2 Å². The first-order chi connectivity index (χ1) is 16.2. The Kier molecular flexibility index (Phi) is 5.76. The highest BCUT2D eigenvalue weighted by molar-refractivity contribution is 5.72. The second-order valence-corrected chi connectivity index (χ2v) is 9.59. The maximum absolute atomic E-state index is 10.0. The number of hydrogen-bond donors (Lipinski definition) is 4. The molecule has 11 nitrogen and oxygen atoms in total. The summed E-state index contributed by atoms with van der Waals surface area (Å²) in [7, 11) is 0. The van der Waals surface area contributed by atoms with E-state index in [2.05, 4.69) is 30.7 Å². The third kappa shape index (κ3) is 4.76. The van der Waals surface area contributed by atoms with Crippen LogP contribution in [-0.2, 0) is 6.54 Å². The summed E-state index contributed by atoms with van der Waals surface area (Å²) in [6.45, 7) is 3.93. The van der Waals surface area contributed by atoms with Crippen molar-refractivity contribution in [1.82, 2.24) is 34.7 Å². The molecule has 178 valence electrons. The summed E-state index contributed by atoms with van der Waals surface area (Å²) in [4.78, 5) is 9.02. The van der Waals surface area contributed by atoms with E-state index in [4.69, 9.17) is 5.73 Å². The minimum absolute atomic E-state index is 0.0918. The molecule has 1 fully saturated rings. The van der Waals surface area contributed by atoms with Crippen LogP contribution in [0, 0.1) is 5.92 Å². The Morgan fingerprint density at radius 3 is 2.68 bits per heavy atom. The van der Waals surface area contributed by atoms with E-state index in [1.807, 2.05) is 30.5 Å². The standard InChI is InChI=1S/C23H29N9O2/c1-23(2,34)13-31-12-16(10-26-31)14-4-7-18(8-5-14)32-21-19(29-30-32)11-25-22(28-21)27-17-6-3-15(9-17)20(24)33/h4-5,7-8,10-12,15,17,20,33-34H,3,6,9,13,24H2,1-2H3,(H,25,27,28)/t15-,17-,20?/m1/s1. The fraction of sp³-hybridized carbons (Fsp3) is 0.435. The van der Waals surface area contributed by atoms with Crippen molar-refractivity contribution < 1.29 is 10.2 Å². The van der Waals surface area contributed by atoms with Crippen molar-refractivity contribution in [3.05, 3.63) is 42.9 Å². The fourth-order valence-electron chi connectivity index (χ4n) is 4.40. The lowest BCUT2D eigenvalue weighted by Gasteiger charge is -2.16. The van der Waals surface area contributed by atoms with Gasteiger partial charge in [-0.3, -0.25) is 4.68 Å². The molecule has 0 spiro atoms. The second kappa shape index (κ2) is 8.75. The number of benzene rings is 1. The Bertz CT molecular complexity index is 1270. The van der Waals surface area contributed by atoms with Crippen LogP contribution in [0.15, 0.2) is 42.9 Å². The van der Waals surface area contributed by atoms with Gasteiger partial charge < -0.3 is 21.3 Å². The van der Waals surface area contributed by atoms with E-state index in [1.54, 1.807) is 35.6 Å². The third-order valence-electron chi connectivity index (χ3n) is 6.11. The van der Waals surface area contributed by atoms with E-state index in [0.29, 0.717) is 23.7 Å². The Hall–Kier alpha value is -3.41. The van der Waals surface area contributed by atoms with Crippen LogP contribution in [0.25, 0.3) is 28.0 Å². The molecule has 5 rings (SSSR count). The van der Waals surface area contributed by atoms with Crippen LogP contribution in [0.5, 0.6) is 0 Å². The zero-order valence-corrected chi connectivity index (χ0v) is 19.2. The van der Waals surface area contributed by atoms with Gasteiger partial charge in [0.15, 0.2) is 11.2 Å². The number of nitrogens with zero attached hydrogens (tertiary/aromatic N) is 7. The monoisotopic (exact) mass is 463 g/mol. The van der Waals surface area contributed by atoms with Gasteiger partial charge in [-0.15, -0.1) is 5.10 Å². The van der Waals surface area contributed by atoms with Crippen molar-refractivity contribution in [2.24, 2.45) is 11.7 Å². The summed E-state index contributed by atoms with van der Waals surface area (Å²) in [6, 6.07) is 8.06. The number of hydrogen-bond acceptors (Lipinski definition) is 9. The van der Waals surface area contributed by atoms with E-state index in [-0.39, 0.29) is 12.0 Å². The average molecular weight is 464 g/mol. The van der Waals surface area contributed by atoms with Crippen molar-refractivity contribution >= 4 is 17.1 Å². The van der Waals surface area contributed by atoms with Crippen molar-refractivity contribution in [3.63, 3.8) is 0 Å². The number of aliphatic hydroxyl groups excluding tert-OH is 1. The molecule has 1 aliphatic carbocycles. The first-order valence-electron chi connectivity index (χ1n) is 11.4. The highest BCUT2D eigenvalue weighted by Crippen LogP contribution is 2.29. The van der Waals surface area contributed by atoms with Gasteiger partial charge in [0.25, 0.3) is 0 Å². The Morgan fingerprint density at radius 1 is 1.18 bits per heavy atom. The summed E-state index contributed by atoms with van der Waals surface area (Å²) in [5.41, 5.74) is 8.80. The van der Waals surface area contributed by atoms with Crippen LogP contribution in [0.1, 0.15) is 33.1 Å². The molecule has 0 amide bonds. The first kappa shape index (κ1) is 22.4. The number of nitrogens with two attached hydrogens (primary N) is 1. The topological polar surface area (TPSA) is 153 Å². The molecular weight excluding hydrogens is 434 g/mol. The van der Waals surface area contributed by atoms with Gasteiger partial charge in [0.05, 0.1) is 30.2 Å². The Morgan fingerprint density at radius 2 is 1.97 bits per heavy atom. The van der Waals surface area contributed by atoms with Crippen LogP contribution in [0.4, 0.5) is 5.95 Å². The molecule has 1 aromatic carbocycles. The lowest BCUT2D eigenvalue weighted by atomic mass is 10.1. The summed E-state index contributed by atoms with van der Waals surface area (Å²) < 4.78 is 3.42. The van der Waals surface area contributed by atoms with Crippen molar-refractivity contribution in [2.45, 2.75) is 57.5 Å². The molecule has 1 saturated carbocycles. The second-order valence-electron chi connectivity index (χ2n) is 9.59. The number of rotatable bonds is 7. The lowest BCUT2D eigenvalue weighted by molar-refractivity contribution is 0.0577. The molecule has 3 aromatic heterocycles. The van der Waals surface area contributed by atoms with Crippen molar-refractivity contribution in [1.29, 1.82) is 0 Å². The van der Waals surface area contributed by atoms with Crippen LogP contribution in [-0.4, -0.2) is 62.8 Å². The summed E-state index contributed by atoms with van der Waals surface area (Å²) >= 11 is 0. The quantitative estimate of drug-likeness (QED) is 0.300. The van der Waals surface area contributed by atoms with Crippen LogP contribution < -0.4 is 11.1 Å². The fourth-order valence-corrected chi connectivity index (χ4v) is 4.40. The number of anilines is 1. The molecule has 0 saturated heterocycles. The highest BCUT2D eigenvalue weighted by atomic mass is 16.3. The molecule has 0 aliphatic heterocycles. The van der Waals surface area contributed by atoms with E-state index in [1.165, 1.54) is 0 Å². The highest BCUT2D eigenvalue weighted by Gasteiger charge is 2.28. The first-order valence-corrected chi connectivity index (χ1v) is 11.4. The average Bonchev–Trinajstić information content (AvgIpc) is 3.52. The molecule has 34 heavy (non-hydrogen) atoms. The zero-order valence-electron chi connectivity index (χ0n) is 19.2. The minimum Gasteiger partial charge on any atom is -0.389 e. The maximum Gasteiger partial charge on any atom is 0.225 e. The van der Waals surface area contributed by atoms with Gasteiger partial charge in [0.1, 0.15) is 6.23 Å². The number of aliphatic hydroxyl groups is 2. The van der Waals surface area contributed by atoms with Crippen molar-refractivity contribution in [3.8, 4) is 16.8 Å². The molecule has 11 heteroatoms. The normalized spacial score (nSPS) is 19.6. The zero-order chi connectivity index (χ0) is 23.9. The SMILES string of the molecule is CC(C)(O)Cn1cc(-c2ccc(-n3nnc4cnc(N[C@@H]5CC[C@@H](C(N)O)C5)nc43)cc2)cn1. The maximum atomic E-state index is 10.0. The van der Waals surface area contributed by atoms with Crippen molar-refractivity contribution in [2.75, 3.05) is 5.32 Å². The lowest BCUT2D eigenvalue weighted by Crippen LogP contribution is -2.29. The van der Waals surface area contributed by atoms with Gasteiger partial charge in [-0.25, -0.2) is 4.98 Å². The number of nitrogens with one attached hydrogen (secondary N) is 1. The molecular formula is C23H29N9O2. The largest absolute Gasteiger partial charge is 0.389 e. The van der Waals surface area contributed by atoms with Crippen LogP contribution in [0.3, 0.4) is 0 Å². The molecule has 1 aliphatic rings. The van der Waals surface area contributed by atoms with E-state index >= 15 is 0 Å². The predicted molar refractivity (Wildman–Crippen MR) is 127 cm³/mol. The predicted octanol–water partition coefficient (Wildman–Crippen LogP) is 1.70. The van der Waals surface area contributed by atoms with Gasteiger partial charge >= 0.3 is 0 Å². The summed E-state index contributed by atoms with van der Waals surface area (Å²) in [5, 5.41) is 35.8. The van der Waals surface area contributed by atoms with Gasteiger partial charge in [-0.1, -0.05) is 17.3 Å². The van der Waals surface area contributed by atoms with E-state index in [0.717, 1.165) is 36.1 Å². The van der Waals surface area contributed by atoms with E-state index < -0.39 is 11.8 Å². The molecule has 0 bridgehead atoms. The minimum atomic E-state index is -0.831. The molecule has 1 unspecified atom stereocenters. The number of fused-ring (bicyclic) bond motifs is 1. The number of aromatic nitrogens is 7. The molecule has 3 atom stereocenters. The Labute approximate surface area is 196 Å². The van der Waals surface area contributed by atoms with Crippen LogP contribution >= 0.6 is 0 Å². The molecule has 4 aromatic rings. The Balaban J connectivity index is 1.34. The summed E-state index contributed by atoms with van der Waals surface area (Å²) in [6.07, 6.45) is 7.13. The smallest absolute Gasteiger partial charge is 0.225 e.